The number of ether oxygens (including phenoxy) is 1. The fraction of sp³-hybridized carbons (Fsp3) is 0.100. The number of benzene rings is 1. The second kappa shape index (κ2) is 4.72. The van der Waals surface area contributed by atoms with Crippen molar-refractivity contribution in [3.63, 3.8) is 0 Å². The lowest BCUT2D eigenvalue weighted by Gasteiger charge is -2.03. The number of nitrogens with one attached hydrogen (secondary N) is 1. The predicted octanol–water partition coefficient (Wildman–Crippen LogP) is 3.04. The van der Waals surface area contributed by atoms with Crippen molar-refractivity contribution in [2.45, 2.75) is 11.6 Å². The van der Waals surface area contributed by atoms with Gasteiger partial charge in [0.1, 0.15) is 18.1 Å². The van der Waals surface area contributed by atoms with E-state index in [4.69, 9.17) is 4.74 Å². The molecule has 0 saturated carbocycles. The zero-order valence-corrected chi connectivity index (χ0v) is 10.3. The van der Waals surface area contributed by atoms with Gasteiger partial charge in [-0.15, -0.1) is 12.6 Å². The molecule has 0 bridgehead atoms. The lowest BCUT2D eigenvalue weighted by atomic mass is 10.3. The second-order valence-electron chi connectivity index (χ2n) is 2.99. The van der Waals surface area contributed by atoms with Crippen molar-refractivity contribution >= 4 is 28.6 Å². The average molecular weight is 285 g/mol. The van der Waals surface area contributed by atoms with Crippen LogP contribution in [-0.2, 0) is 6.61 Å². The highest BCUT2D eigenvalue weighted by atomic mass is 79.9. The Hall–Kier alpha value is -0.940. The molecule has 0 amide bonds. The number of hydrogen-bond acceptors (Lipinski definition) is 3. The summed E-state index contributed by atoms with van der Waals surface area (Å²) in [4.78, 5) is 0. The quantitative estimate of drug-likeness (QED) is 0.851. The molecule has 0 aliphatic heterocycles. The Balaban J connectivity index is 1.96. The molecule has 15 heavy (non-hydrogen) atoms. The number of H-pyrrole nitrogens is 1. The largest absolute Gasteiger partial charge is 0.487 e. The zero-order chi connectivity index (χ0) is 10.7. The maximum absolute atomic E-state index is 5.52. The molecule has 0 spiro atoms. The van der Waals surface area contributed by atoms with Gasteiger partial charge in [-0.05, 0) is 30.3 Å². The Labute approximate surface area is 101 Å². The van der Waals surface area contributed by atoms with Crippen LogP contribution < -0.4 is 4.74 Å². The number of aromatic nitrogens is 2. The summed E-state index contributed by atoms with van der Waals surface area (Å²) in [5.41, 5.74) is 0.836. The topological polar surface area (TPSA) is 37.9 Å². The number of aromatic amines is 1. The van der Waals surface area contributed by atoms with Crippen LogP contribution in [0.3, 0.4) is 0 Å². The van der Waals surface area contributed by atoms with Crippen LogP contribution in [-0.4, -0.2) is 10.2 Å². The van der Waals surface area contributed by atoms with Crippen molar-refractivity contribution in [2.75, 3.05) is 0 Å². The first kappa shape index (κ1) is 10.6. The lowest BCUT2D eigenvalue weighted by Crippen LogP contribution is -1.95. The maximum atomic E-state index is 5.52. The fourth-order valence-electron chi connectivity index (χ4n) is 1.11. The van der Waals surface area contributed by atoms with Gasteiger partial charge in [0, 0.05) is 4.47 Å². The van der Waals surface area contributed by atoms with Crippen molar-refractivity contribution in [3.8, 4) is 5.75 Å². The second-order valence-corrected chi connectivity index (χ2v) is 4.38. The Morgan fingerprint density at radius 2 is 2.07 bits per heavy atom. The molecule has 1 aromatic heterocycles. The van der Waals surface area contributed by atoms with E-state index in [1.807, 2.05) is 30.3 Å². The summed E-state index contributed by atoms with van der Waals surface area (Å²) in [6.45, 7) is 0.443. The average Bonchev–Trinajstić information content (AvgIpc) is 2.64. The molecule has 0 aliphatic carbocycles. The first-order valence-electron chi connectivity index (χ1n) is 4.35. The lowest BCUT2D eigenvalue weighted by molar-refractivity contribution is 0.301. The van der Waals surface area contributed by atoms with Crippen molar-refractivity contribution in [1.29, 1.82) is 0 Å². The highest BCUT2D eigenvalue weighted by Gasteiger charge is 1.99. The van der Waals surface area contributed by atoms with Crippen molar-refractivity contribution < 1.29 is 4.74 Å². The number of hydrogen-bond donors (Lipinski definition) is 2. The molecule has 5 heteroatoms. The van der Waals surface area contributed by atoms with Crippen LogP contribution in [0, 0.1) is 0 Å². The van der Waals surface area contributed by atoms with Crippen LogP contribution >= 0.6 is 28.6 Å². The maximum Gasteiger partial charge on any atom is 0.132 e. The van der Waals surface area contributed by atoms with Crippen LogP contribution in [0.1, 0.15) is 5.69 Å². The van der Waals surface area contributed by atoms with Crippen LogP contribution in [0.15, 0.2) is 39.8 Å². The van der Waals surface area contributed by atoms with Crippen LogP contribution in [0.4, 0.5) is 0 Å². The van der Waals surface area contributed by atoms with Gasteiger partial charge in [0.05, 0.1) is 5.03 Å². The van der Waals surface area contributed by atoms with Gasteiger partial charge in [0.15, 0.2) is 0 Å². The summed E-state index contributed by atoms with van der Waals surface area (Å²) >= 11 is 7.48. The summed E-state index contributed by atoms with van der Waals surface area (Å²) in [5.74, 6) is 0.821. The van der Waals surface area contributed by atoms with E-state index in [2.05, 4.69) is 38.8 Å². The number of halogens is 1. The third kappa shape index (κ3) is 3.00. The number of thiol groups is 1. The fourth-order valence-corrected chi connectivity index (χ4v) is 1.58. The molecule has 0 saturated heterocycles. The van der Waals surface area contributed by atoms with E-state index >= 15 is 0 Å². The minimum absolute atomic E-state index is 0.443. The van der Waals surface area contributed by atoms with E-state index in [1.165, 1.54) is 0 Å². The van der Waals surface area contributed by atoms with Gasteiger partial charge in [-0.3, -0.25) is 5.10 Å². The molecular weight excluding hydrogens is 276 g/mol. The Morgan fingerprint density at radius 1 is 1.33 bits per heavy atom. The van der Waals surface area contributed by atoms with E-state index in [0.29, 0.717) is 6.61 Å². The Kier molecular flexibility index (Phi) is 3.33. The molecule has 0 atom stereocenters. The van der Waals surface area contributed by atoms with Crippen molar-refractivity contribution in [1.82, 2.24) is 10.2 Å². The van der Waals surface area contributed by atoms with Gasteiger partial charge < -0.3 is 4.74 Å². The normalized spacial score (nSPS) is 10.3. The van der Waals surface area contributed by atoms with Gasteiger partial charge in [-0.25, -0.2) is 0 Å². The minimum atomic E-state index is 0.443. The van der Waals surface area contributed by atoms with Crippen molar-refractivity contribution in [2.24, 2.45) is 0 Å². The molecular formula is C10H9BrN2OS. The van der Waals surface area contributed by atoms with Gasteiger partial charge in [-0.2, -0.15) is 5.10 Å². The van der Waals surface area contributed by atoms with Gasteiger partial charge in [-0.1, -0.05) is 15.9 Å². The first-order chi connectivity index (χ1) is 7.24. The highest BCUT2D eigenvalue weighted by molar-refractivity contribution is 9.10. The van der Waals surface area contributed by atoms with E-state index < -0.39 is 0 Å². The minimum Gasteiger partial charge on any atom is -0.487 e. The Morgan fingerprint density at radius 3 is 2.67 bits per heavy atom. The summed E-state index contributed by atoms with van der Waals surface area (Å²) in [7, 11) is 0. The summed E-state index contributed by atoms with van der Waals surface area (Å²) in [6.07, 6.45) is 0. The van der Waals surface area contributed by atoms with Gasteiger partial charge in [0.25, 0.3) is 0 Å². The molecule has 0 unspecified atom stereocenters. The molecule has 0 radical (unpaired) electrons. The van der Waals surface area contributed by atoms with Crippen LogP contribution in [0.2, 0.25) is 0 Å². The van der Waals surface area contributed by atoms with Crippen LogP contribution in [0.25, 0.3) is 0 Å². The van der Waals surface area contributed by atoms with E-state index in [0.717, 1.165) is 20.9 Å². The van der Waals surface area contributed by atoms with Crippen molar-refractivity contribution in [3.05, 3.63) is 40.5 Å². The number of rotatable bonds is 3. The first-order valence-corrected chi connectivity index (χ1v) is 5.60. The smallest absolute Gasteiger partial charge is 0.132 e. The van der Waals surface area contributed by atoms with Crippen LogP contribution in [0.5, 0.6) is 5.75 Å². The number of nitrogens with zero attached hydrogens (tertiary/aromatic N) is 1. The highest BCUT2D eigenvalue weighted by Crippen LogP contribution is 2.17. The third-order valence-corrected chi connectivity index (χ3v) is 2.58. The zero-order valence-electron chi connectivity index (χ0n) is 7.77. The molecule has 0 aliphatic rings. The summed E-state index contributed by atoms with van der Waals surface area (Å²) < 4.78 is 6.56. The molecule has 0 fully saturated rings. The monoisotopic (exact) mass is 284 g/mol. The Bertz CT molecular complexity index is 441. The molecule has 3 nitrogen and oxygen atoms in total. The molecule has 78 valence electrons. The molecule has 2 aromatic rings. The third-order valence-electron chi connectivity index (χ3n) is 1.82. The molecule has 1 N–H and O–H groups in total. The van der Waals surface area contributed by atoms with E-state index in [9.17, 15) is 0 Å². The molecule has 1 aromatic carbocycles. The molecule has 1 heterocycles. The standard InChI is InChI=1S/C10H9BrN2OS/c11-7-1-3-9(4-2-7)14-6-8-5-10(15)13-12-8/h1-5H,6H2,(H2,12,13,15). The summed E-state index contributed by atoms with van der Waals surface area (Å²) in [5, 5.41) is 7.49. The SMILES string of the molecule is Sc1cc(COc2ccc(Br)cc2)n[nH]1. The molecule has 2 rings (SSSR count). The van der Waals surface area contributed by atoms with Gasteiger partial charge >= 0.3 is 0 Å². The predicted molar refractivity (Wildman–Crippen MR) is 64.3 cm³/mol. The summed E-state index contributed by atoms with van der Waals surface area (Å²) in [6, 6.07) is 9.51. The van der Waals surface area contributed by atoms with E-state index in [-0.39, 0.29) is 0 Å². The van der Waals surface area contributed by atoms with Gasteiger partial charge in [0.2, 0.25) is 0 Å². The van der Waals surface area contributed by atoms with E-state index in [1.54, 1.807) is 0 Å².